The van der Waals surface area contributed by atoms with E-state index in [1.54, 1.807) is 0 Å². The van der Waals surface area contributed by atoms with Crippen molar-refractivity contribution in [3.05, 3.63) is 12.7 Å². The molecule has 8 heteroatoms. The molecule has 0 spiro atoms. The van der Waals surface area contributed by atoms with E-state index in [0.29, 0.717) is 6.42 Å². The van der Waals surface area contributed by atoms with Gasteiger partial charge in [-0.3, -0.25) is 9.59 Å². The molecule has 2 unspecified atom stereocenters. The highest BCUT2D eigenvalue weighted by molar-refractivity contribution is 6.43. The van der Waals surface area contributed by atoms with Gasteiger partial charge in [0.25, 0.3) is 0 Å². The van der Waals surface area contributed by atoms with Gasteiger partial charge < -0.3 is 25.8 Å². The van der Waals surface area contributed by atoms with Crippen LogP contribution in [-0.4, -0.2) is 52.7 Å². The van der Waals surface area contributed by atoms with Crippen molar-refractivity contribution in [2.75, 3.05) is 6.61 Å². The summed E-state index contributed by atoms with van der Waals surface area (Å²) in [5.41, 5.74) is 0. The molecule has 0 radical (unpaired) electrons. The van der Waals surface area contributed by atoms with Gasteiger partial charge in [0.1, 0.15) is 6.04 Å². The van der Waals surface area contributed by atoms with Crippen LogP contribution in [0.25, 0.3) is 0 Å². The van der Waals surface area contributed by atoms with E-state index in [2.05, 4.69) is 17.2 Å². The molecule has 5 N–H and O–H groups in total. The van der Waals surface area contributed by atoms with E-state index in [-0.39, 0.29) is 5.92 Å². The maximum atomic E-state index is 11.8. The smallest absolute Gasteiger partial charge is 0.426 e. The summed E-state index contributed by atoms with van der Waals surface area (Å²) in [6, 6.07) is -1.15. The van der Waals surface area contributed by atoms with Crippen LogP contribution in [0.4, 0.5) is 0 Å². The molecule has 108 valence electrons. The Morgan fingerprint density at radius 1 is 1.32 bits per heavy atom. The molecule has 0 saturated carbocycles. The highest BCUT2D eigenvalue weighted by atomic mass is 16.4. The van der Waals surface area contributed by atoms with E-state index in [1.807, 2.05) is 13.8 Å². The molecule has 0 fully saturated rings. The van der Waals surface area contributed by atoms with Crippen molar-refractivity contribution in [1.82, 2.24) is 10.6 Å². The third-order valence-electron chi connectivity index (χ3n) is 2.41. The molecule has 19 heavy (non-hydrogen) atoms. The van der Waals surface area contributed by atoms with E-state index >= 15 is 0 Å². The second-order valence-electron chi connectivity index (χ2n) is 4.61. The zero-order chi connectivity index (χ0) is 15.0. The molecule has 0 aliphatic rings. The SMILES string of the molecule is C=CC(=O)NC(CO)C(=O)NC(CC(C)C)B(O)O. The van der Waals surface area contributed by atoms with E-state index in [9.17, 15) is 9.59 Å². The van der Waals surface area contributed by atoms with Crippen molar-refractivity contribution >= 4 is 18.9 Å². The fraction of sp³-hybridized carbons (Fsp3) is 0.636. The Labute approximate surface area is 112 Å². The molecule has 0 saturated heterocycles. The number of carbonyl (C=O) groups excluding carboxylic acids is 2. The Balaban J connectivity index is 4.58. The molecule has 0 aliphatic carbocycles. The Hall–Kier alpha value is -1.38. The average molecular weight is 272 g/mol. The molecule has 7 nitrogen and oxygen atoms in total. The van der Waals surface area contributed by atoms with Crippen LogP contribution in [0.2, 0.25) is 0 Å². The van der Waals surface area contributed by atoms with E-state index in [0.717, 1.165) is 6.08 Å². The fourth-order valence-electron chi connectivity index (χ4n) is 1.47. The highest BCUT2D eigenvalue weighted by Gasteiger charge is 2.29. The first-order valence-corrected chi connectivity index (χ1v) is 6.02. The van der Waals surface area contributed by atoms with Crippen LogP contribution in [0.5, 0.6) is 0 Å². The maximum absolute atomic E-state index is 11.8. The summed E-state index contributed by atoms with van der Waals surface area (Å²) in [7, 11) is -1.71. The molecule has 0 aromatic carbocycles. The van der Waals surface area contributed by atoms with Gasteiger partial charge >= 0.3 is 7.12 Å². The molecule has 0 aromatic rings. The van der Waals surface area contributed by atoms with Gasteiger partial charge in [-0.15, -0.1) is 0 Å². The number of hydrogen-bond acceptors (Lipinski definition) is 5. The standard InChI is InChI=1S/C11H21BN2O5/c1-4-10(16)13-8(6-15)11(17)14-9(12(18)19)5-7(2)3/h4,7-9,15,18-19H,1,5-6H2,2-3H3,(H,13,16)(H,14,17). The number of hydrogen-bond donors (Lipinski definition) is 5. The first-order chi connectivity index (χ1) is 8.81. The number of aliphatic hydroxyl groups is 1. The topological polar surface area (TPSA) is 119 Å². The Bertz CT molecular complexity index is 322. The number of aliphatic hydroxyl groups excluding tert-OH is 1. The lowest BCUT2D eigenvalue weighted by Gasteiger charge is -2.22. The number of nitrogens with one attached hydrogen (secondary N) is 2. The predicted octanol–water partition coefficient (Wildman–Crippen LogP) is -1.81. The quantitative estimate of drug-likeness (QED) is 0.264. The van der Waals surface area contributed by atoms with E-state index < -0.39 is 37.5 Å². The Morgan fingerprint density at radius 2 is 1.89 bits per heavy atom. The predicted molar refractivity (Wildman–Crippen MR) is 70.8 cm³/mol. The molecule has 0 bridgehead atoms. The van der Waals surface area contributed by atoms with Gasteiger partial charge in [0, 0.05) is 0 Å². The number of carbonyl (C=O) groups is 2. The molecule has 2 amide bonds. The van der Waals surface area contributed by atoms with Crippen LogP contribution < -0.4 is 10.6 Å². The van der Waals surface area contributed by atoms with Gasteiger partial charge in [0.2, 0.25) is 11.8 Å². The van der Waals surface area contributed by atoms with Crippen LogP contribution in [-0.2, 0) is 9.59 Å². The lowest BCUT2D eigenvalue weighted by molar-refractivity contribution is -0.128. The first kappa shape index (κ1) is 17.6. The number of rotatable bonds is 8. The van der Waals surface area contributed by atoms with Gasteiger partial charge in [-0.05, 0) is 18.4 Å². The van der Waals surface area contributed by atoms with Crippen LogP contribution in [0.1, 0.15) is 20.3 Å². The van der Waals surface area contributed by atoms with Gasteiger partial charge in [-0.1, -0.05) is 20.4 Å². The van der Waals surface area contributed by atoms with Crippen LogP contribution in [0.15, 0.2) is 12.7 Å². The third-order valence-corrected chi connectivity index (χ3v) is 2.41. The van der Waals surface area contributed by atoms with Crippen molar-refractivity contribution in [3.8, 4) is 0 Å². The van der Waals surface area contributed by atoms with E-state index in [1.165, 1.54) is 0 Å². The first-order valence-electron chi connectivity index (χ1n) is 6.02. The highest BCUT2D eigenvalue weighted by Crippen LogP contribution is 2.06. The normalized spacial score (nSPS) is 13.6. The monoisotopic (exact) mass is 272 g/mol. The zero-order valence-corrected chi connectivity index (χ0v) is 11.2. The Morgan fingerprint density at radius 3 is 2.26 bits per heavy atom. The summed E-state index contributed by atoms with van der Waals surface area (Å²) in [5, 5.41) is 32.0. The summed E-state index contributed by atoms with van der Waals surface area (Å²) < 4.78 is 0. The van der Waals surface area contributed by atoms with Crippen molar-refractivity contribution < 1.29 is 24.7 Å². The second-order valence-corrected chi connectivity index (χ2v) is 4.61. The minimum Gasteiger partial charge on any atom is -0.426 e. The Kier molecular flexibility index (Phi) is 8.05. The molecule has 0 aliphatic heterocycles. The second kappa shape index (κ2) is 8.68. The summed E-state index contributed by atoms with van der Waals surface area (Å²) >= 11 is 0. The molecule has 0 heterocycles. The number of amides is 2. The average Bonchev–Trinajstić information content (AvgIpc) is 2.33. The molecule has 0 aromatic heterocycles. The summed E-state index contributed by atoms with van der Waals surface area (Å²) in [6.45, 7) is 6.37. The van der Waals surface area contributed by atoms with Crippen LogP contribution >= 0.6 is 0 Å². The third kappa shape index (κ3) is 6.95. The summed E-state index contributed by atoms with van der Waals surface area (Å²) in [5.74, 6) is -2.00. The minimum atomic E-state index is -1.71. The van der Waals surface area contributed by atoms with Crippen molar-refractivity contribution in [2.45, 2.75) is 32.3 Å². The molecule has 2 atom stereocenters. The lowest BCUT2D eigenvalue weighted by Crippen LogP contribution is -2.55. The zero-order valence-electron chi connectivity index (χ0n) is 11.2. The molecule has 0 rings (SSSR count). The van der Waals surface area contributed by atoms with Crippen LogP contribution in [0.3, 0.4) is 0 Å². The minimum absolute atomic E-state index is 0.141. The fourth-order valence-corrected chi connectivity index (χ4v) is 1.47. The van der Waals surface area contributed by atoms with Crippen molar-refractivity contribution in [3.63, 3.8) is 0 Å². The van der Waals surface area contributed by atoms with Gasteiger partial charge in [0.15, 0.2) is 0 Å². The van der Waals surface area contributed by atoms with Gasteiger partial charge in [0.05, 0.1) is 12.5 Å². The maximum Gasteiger partial charge on any atom is 0.475 e. The van der Waals surface area contributed by atoms with Gasteiger partial charge in [-0.25, -0.2) is 0 Å². The summed E-state index contributed by atoms with van der Waals surface area (Å²) in [6.07, 6.45) is 1.33. The summed E-state index contributed by atoms with van der Waals surface area (Å²) in [4.78, 5) is 22.8. The lowest BCUT2D eigenvalue weighted by atomic mass is 9.75. The van der Waals surface area contributed by atoms with Gasteiger partial charge in [-0.2, -0.15) is 0 Å². The van der Waals surface area contributed by atoms with Crippen molar-refractivity contribution in [1.29, 1.82) is 0 Å². The van der Waals surface area contributed by atoms with Crippen molar-refractivity contribution in [2.24, 2.45) is 5.92 Å². The molecular formula is C11H21BN2O5. The van der Waals surface area contributed by atoms with Crippen LogP contribution in [0, 0.1) is 5.92 Å². The molecular weight excluding hydrogens is 251 g/mol. The largest absolute Gasteiger partial charge is 0.475 e. The van der Waals surface area contributed by atoms with E-state index in [4.69, 9.17) is 15.2 Å².